The standard InChI is InChI=1S/C22H25NO4/c1-16(2)18-7-10-19(11-8-18)26-15-22(24)23(13-20-5-4-12-25-20)14-21-9-6-17(3)27-21/h4-12,16H,13-15H2,1-3H3. The molecule has 3 aromatic rings. The maximum atomic E-state index is 12.7. The third-order valence-electron chi connectivity index (χ3n) is 4.33. The summed E-state index contributed by atoms with van der Waals surface area (Å²) in [4.78, 5) is 14.4. The quantitative estimate of drug-likeness (QED) is 0.567. The Morgan fingerprint density at radius 2 is 1.78 bits per heavy atom. The topological polar surface area (TPSA) is 55.8 Å². The van der Waals surface area contributed by atoms with Gasteiger partial charge in [-0.15, -0.1) is 0 Å². The average molecular weight is 367 g/mol. The Bertz CT molecular complexity index is 847. The van der Waals surface area contributed by atoms with Gasteiger partial charge in [0.15, 0.2) is 6.61 Å². The van der Waals surface area contributed by atoms with Crippen LogP contribution in [-0.2, 0) is 17.9 Å². The molecule has 0 atom stereocenters. The van der Waals surface area contributed by atoms with Gasteiger partial charge in [-0.1, -0.05) is 26.0 Å². The Morgan fingerprint density at radius 1 is 1.04 bits per heavy atom. The summed E-state index contributed by atoms with van der Waals surface area (Å²) in [7, 11) is 0. The van der Waals surface area contributed by atoms with E-state index in [0.717, 1.165) is 11.5 Å². The van der Waals surface area contributed by atoms with Crippen LogP contribution in [0.15, 0.2) is 63.6 Å². The summed E-state index contributed by atoms with van der Waals surface area (Å²) in [6.07, 6.45) is 1.60. The summed E-state index contributed by atoms with van der Waals surface area (Å²) < 4.78 is 16.7. The second kappa shape index (κ2) is 8.62. The van der Waals surface area contributed by atoms with Crippen molar-refractivity contribution in [2.24, 2.45) is 0 Å². The predicted octanol–water partition coefficient (Wildman–Crippen LogP) is 4.91. The smallest absolute Gasteiger partial charge is 0.261 e. The van der Waals surface area contributed by atoms with Gasteiger partial charge >= 0.3 is 0 Å². The summed E-state index contributed by atoms with van der Waals surface area (Å²) >= 11 is 0. The summed E-state index contributed by atoms with van der Waals surface area (Å²) in [5.74, 6) is 3.27. The molecule has 0 aliphatic rings. The molecule has 0 saturated heterocycles. The lowest BCUT2D eigenvalue weighted by molar-refractivity contribution is -0.135. The zero-order chi connectivity index (χ0) is 19.2. The molecule has 5 nitrogen and oxygen atoms in total. The molecule has 0 fully saturated rings. The molecule has 0 radical (unpaired) electrons. The maximum absolute atomic E-state index is 12.7. The molecule has 0 aliphatic heterocycles. The minimum atomic E-state index is -0.131. The highest BCUT2D eigenvalue weighted by Gasteiger charge is 2.18. The number of aryl methyl sites for hydroxylation is 1. The largest absolute Gasteiger partial charge is 0.484 e. The van der Waals surface area contributed by atoms with Crippen molar-refractivity contribution < 1.29 is 18.4 Å². The van der Waals surface area contributed by atoms with Crippen molar-refractivity contribution in [3.63, 3.8) is 0 Å². The van der Waals surface area contributed by atoms with Crippen molar-refractivity contribution in [2.45, 2.75) is 39.8 Å². The van der Waals surface area contributed by atoms with Gasteiger partial charge in [0.1, 0.15) is 23.0 Å². The first kappa shape index (κ1) is 18.8. The van der Waals surface area contributed by atoms with E-state index in [1.165, 1.54) is 5.56 Å². The van der Waals surface area contributed by atoms with Crippen molar-refractivity contribution in [1.82, 2.24) is 4.90 Å². The Hall–Kier alpha value is -2.95. The van der Waals surface area contributed by atoms with Crippen LogP contribution in [0.4, 0.5) is 0 Å². The lowest BCUT2D eigenvalue weighted by atomic mass is 10.0. The molecule has 1 aromatic carbocycles. The summed E-state index contributed by atoms with van der Waals surface area (Å²) in [5.41, 5.74) is 1.24. The van der Waals surface area contributed by atoms with Crippen molar-refractivity contribution in [2.75, 3.05) is 6.61 Å². The number of hydrogen-bond donors (Lipinski definition) is 0. The van der Waals surface area contributed by atoms with E-state index in [2.05, 4.69) is 13.8 Å². The van der Waals surface area contributed by atoms with Crippen LogP contribution in [0.5, 0.6) is 5.75 Å². The highest BCUT2D eigenvalue weighted by Crippen LogP contribution is 2.19. The second-order valence-electron chi connectivity index (χ2n) is 6.85. The van der Waals surface area contributed by atoms with Gasteiger partial charge in [-0.05, 0) is 54.8 Å². The van der Waals surface area contributed by atoms with E-state index in [1.54, 1.807) is 11.2 Å². The van der Waals surface area contributed by atoms with Crippen LogP contribution in [-0.4, -0.2) is 17.4 Å². The maximum Gasteiger partial charge on any atom is 0.261 e. The molecule has 1 amide bonds. The Morgan fingerprint density at radius 3 is 2.37 bits per heavy atom. The normalized spacial score (nSPS) is 11.0. The van der Waals surface area contributed by atoms with Gasteiger partial charge < -0.3 is 18.5 Å². The van der Waals surface area contributed by atoms with E-state index >= 15 is 0 Å². The first-order chi connectivity index (χ1) is 13.0. The zero-order valence-corrected chi connectivity index (χ0v) is 16.0. The number of carbonyl (C=O) groups excluding carboxylic acids is 1. The fourth-order valence-corrected chi connectivity index (χ4v) is 2.77. The molecule has 0 N–H and O–H groups in total. The van der Waals surface area contributed by atoms with Crippen molar-refractivity contribution in [3.05, 3.63) is 77.6 Å². The molecule has 142 valence electrons. The number of amides is 1. The summed E-state index contributed by atoms with van der Waals surface area (Å²) in [6, 6.07) is 15.3. The van der Waals surface area contributed by atoms with E-state index < -0.39 is 0 Å². The molecule has 0 bridgehead atoms. The molecular weight excluding hydrogens is 342 g/mol. The predicted molar refractivity (Wildman–Crippen MR) is 102 cm³/mol. The molecule has 0 saturated carbocycles. The van der Waals surface area contributed by atoms with Crippen LogP contribution < -0.4 is 4.74 Å². The van der Waals surface area contributed by atoms with Crippen LogP contribution in [0.1, 0.15) is 42.6 Å². The molecule has 0 spiro atoms. The monoisotopic (exact) mass is 367 g/mol. The summed E-state index contributed by atoms with van der Waals surface area (Å²) in [5, 5.41) is 0. The Kier molecular flexibility index (Phi) is 6.01. The van der Waals surface area contributed by atoms with Gasteiger partial charge in [0.2, 0.25) is 0 Å². The van der Waals surface area contributed by atoms with Gasteiger partial charge in [0, 0.05) is 0 Å². The van der Waals surface area contributed by atoms with Crippen LogP contribution in [0.2, 0.25) is 0 Å². The zero-order valence-electron chi connectivity index (χ0n) is 16.0. The molecule has 2 heterocycles. The van der Waals surface area contributed by atoms with Gasteiger partial charge in [0.25, 0.3) is 5.91 Å². The number of rotatable bonds is 8. The van der Waals surface area contributed by atoms with Crippen LogP contribution in [0, 0.1) is 6.92 Å². The average Bonchev–Trinajstić information content (AvgIpc) is 3.31. The first-order valence-electron chi connectivity index (χ1n) is 9.09. The molecular formula is C22H25NO4. The second-order valence-corrected chi connectivity index (χ2v) is 6.85. The van der Waals surface area contributed by atoms with Gasteiger partial charge in [-0.25, -0.2) is 0 Å². The minimum absolute atomic E-state index is 0.0403. The van der Waals surface area contributed by atoms with E-state index in [1.807, 2.05) is 55.5 Å². The van der Waals surface area contributed by atoms with Crippen molar-refractivity contribution >= 4 is 5.91 Å². The fourth-order valence-electron chi connectivity index (χ4n) is 2.77. The lowest BCUT2D eigenvalue weighted by Crippen LogP contribution is -2.33. The third-order valence-corrected chi connectivity index (χ3v) is 4.33. The molecule has 2 aromatic heterocycles. The number of carbonyl (C=O) groups is 1. The number of hydrogen-bond acceptors (Lipinski definition) is 4. The highest BCUT2D eigenvalue weighted by molar-refractivity contribution is 5.77. The number of nitrogens with zero attached hydrogens (tertiary/aromatic N) is 1. The van der Waals surface area contributed by atoms with Gasteiger partial charge in [-0.2, -0.15) is 0 Å². The van der Waals surface area contributed by atoms with Crippen molar-refractivity contribution in [3.8, 4) is 5.75 Å². The molecule has 3 rings (SSSR count). The number of ether oxygens (including phenoxy) is 1. The molecule has 0 aliphatic carbocycles. The first-order valence-corrected chi connectivity index (χ1v) is 9.09. The van der Waals surface area contributed by atoms with E-state index in [-0.39, 0.29) is 12.5 Å². The minimum Gasteiger partial charge on any atom is -0.484 e. The van der Waals surface area contributed by atoms with E-state index in [9.17, 15) is 4.79 Å². The van der Waals surface area contributed by atoms with E-state index in [4.69, 9.17) is 13.6 Å². The molecule has 0 unspecified atom stereocenters. The SMILES string of the molecule is Cc1ccc(CN(Cc2ccco2)C(=O)COc2ccc(C(C)C)cc2)o1. The highest BCUT2D eigenvalue weighted by atomic mass is 16.5. The van der Waals surface area contributed by atoms with Crippen LogP contribution >= 0.6 is 0 Å². The molecule has 5 heteroatoms. The Labute approximate surface area is 159 Å². The number of benzene rings is 1. The van der Waals surface area contributed by atoms with Gasteiger partial charge in [0.05, 0.1) is 19.4 Å². The van der Waals surface area contributed by atoms with Crippen LogP contribution in [0.3, 0.4) is 0 Å². The third kappa shape index (κ3) is 5.26. The van der Waals surface area contributed by atoms with Gasteiger partial charge in [-0.3, -0.25) is 4.79 Å². The van der Waals surface area contributed by atoms with E-state index in [0.29, 0.717) is 30.5 Å². The summed E-state index contributed by atoms with van der Waals surface area (Å²) in [6.45, 7) is 6.85. The fraction of sp³-hybridized carbons (Fsp3) is 0.318. The lowest BCUT2D eigenvalue weighted by Gasteiger charge is -2.21. The number of furan rings is 2. The van der Waals surface area contributed by atoms with Crippen LogP contribution in [0.25, 0.3) is 0 Å². The Balaban J connectivity index is 1.64. The molecule has 27 heavy (non-hydrogen) atoms. The van der Waals surface area contributed by atoms with Crippen molar-refractivity contribution in [1.29, 1.82) is 0 Å².